The van der Waals surface area contributed by atoms with E-state index in [1.54, 1.807) is 11.0 Å². The van der Waals surface area contributed by atoms with Crippen molar-refractivity contribution in [1.29, 1.82) is 0 Å². The first-order chi connectivity index (χ1) is 9.08. The second-order valence-corrected chi connectivity index (χ2v) is 4.44. The van der Waals surface area contributed by atoms with Gasteiger partial charge >= 0.3 is 12.0 Å². The molecule has 2 N–H and O–H groups in total. The number of nitrogens with zero attached hydrogens (tertiary/aromatic N) is 1. The van der Waals surface area contributed by atoms with Gasteiger partial charge in [0.2, 0.25) is 0 Å². The highest BCUT2D eigenvalue weighted by atomic mass is 35.5. The summed E-state index contributed by atoms with van der Waals surface area (Å²) >= 11 is 5.76. The number of rotatable bonds is 2. The molecule has 1 aliphatic rings. The van der Waals surface area contributed by atoms with E-state index >= 15 is 0 Å². The Hall–Kier alpha value is -1.79. The zero-order valence-corrected chi connectivity index (χ0v) is 10.8. The van der Waals surface area contributed by atoms with Crippen molar-refractivity contribution >= 4 is 29.3 Å². The second kappa shape index (κ2) is 5.90. The van der Waals surface area contributed by atoms with Crippen LogP contribution in [0.3, 0.4) is 0 Å². The van der Waals surface area contributed by atoms with E-state index < -0.39 is 5.97 Å². The van der Waals surface area contributed by atoms with E-state index in [4.69, 9.17) is 21.4 Å². The predicted octanol–water partition coefficient (Wildman–Crippen LogP) is 1.90. The summed E-state index contributed by atoms with van der Waals surface area (Å²) in [6, 6.07) is 4.07. The Kier molecular flexibility index (Phi) is 4.24. The van der Waals surface area contributed by atoms with Crippen molar-refractivity contribution in [3.8, 4) is 0 Å². The molecule has 1 saturated heterocycles. The van der Waals surface area contributed by atoms with Crippen LogP contribution < -0.4 is 5.32 Å². The standard InChI is InChI=1S/C12H13ClN2O4/c13-10-2-1-8(7-9(10)11(16)17)14-12(18)15-3-5-19-6-4-15/h1-2,7H,3-6H2,(H,14,18)(H,16,17). The number of aromatic carboxylic acids is 1. The molecule has 0 radical (unpaired) electrons. The minimum Gasteiger partial charge on any atom is -0.478 e. The van der Waals surface area contributed by atoms with Gasteiger partial charge in [-0.25, -0.2) is 9.59 Å². The predicted molar refractivity (Wildman–Crippen MR) is 69.8 cm³/mol. The maximum Gasteiger partial charge on any atom is 0.337 e. The molecule has 6 nitrogen and oxygen atoms in total. The van der Waals surface area contributed by atoms with Crippen molar-refractivity contribution in [1.82, 2.24) is 4.90 Å². The molecule has 1 fully saturated rings. The van der Waals surface area contributed by atoms with Gasteiger partial charge in [0.25, 0.3) is 0 Å². The van der Waals surface area contributed by atoms with Gasteiger partial charge in [0.05, 0.1) is 23.8 Å². The number of urea groups is 1. The third-order valence-electron chi connectivity index (χ3n) is 2.75. The number of halogens is 1. The molecule has 2 rings (SSSR count). The number of carbonyl (C=O) groups excluding carboxylic acids is 1. The van der Waals surface area contributed by atoms with Gasteiger partial charge in [0.15, 0.2) is 0 Å². The summed E-state index contributed by atoms with van der Waals surface area (Å²) in [5.74, 6) is -1.13. The number of hydrogen-bond donors (Lipinski definition) is 2. The van der Waals surface area contributed by atoms with Gasteiger partial charge in [-0.1, -0.05) is 11.6 Å². The molecule has 1 aromatic rings. The number of anilines is 1. The Morgan fingerprint density at radius 2 is 2.00 bits per heavy atom. The van der Waals surface area contributed by atoms with Crippen LogP contribution in [0, 0.1) is 0 Å². The molecule has 0 atom stereocenters. The third-order valence-corrected chi connectivity index (χ3v) is 3.08. The lowest BCUT2D eigenvalue weighted by Gasteiger charge is -2.27. The zero-order valence-electron chi connectivity index (χ0n) is 10.1. The van der Waals surface area contributed by atoms with E-state index in [0.717, 1.165) is 0 Å². The van der Waals surface area contributed by atoms with Gasteiger partial charge in [-0.3, -0.25) is 0 Å². The molecule has 0 aliphatic carbocycles. The van der Waals surface area contributed by atoms with Gasteiger partial charge in [-0.15, -0.1) is 0 Å². The summed E-state index contributed by atoms with van der Waals surface area (Å²) in [4.78, 5) is 24.5. The molecule has 0 unspecified atom stereocenters. The van der Waals surface area contributed by atoms with E-state index in [1.807, 2.05) is 0 Å². The molecule has 1 aromatic carbocycles. The van der Waals surface area contributed by atoms with Crippen LogP contribution in [0.4, 0.5) is 10.5 Å². The van der Waals surface area contributed by atoms with Crippen LogP contribution in [0.2, 0.25) is 5.02 Å². The molecule has 2 amide bonds. The van der Waals surface area contributed by atoms with Gasteiger partial charge in [0.1, 0.15) is 0 Å². The minimum absolute atomic E-state index is 0.0403. The highest BCUT2D eigenvalue weighted by molar-refractivity contribution is 6.33. The number of carbonyl (C=O) groups is 2. The van der Waals surface area contributed by atoms with Crippen molar-refractivity contribution < 1.29 is 19.4 Å². The van der Waals surface area contributed by atoms with E-state index in [2.05, 4.69) is 5.32 Å². The first-order valence-electron chi connectivity index (χ1n) is 5.74. The Morgan fingerprint density at radius 1 is 1.32 bits per heavy atom. The topological polar surface area (TPSA) is 78.9 Å². The Bertz CT molecular complexity index is 501. The van der Waals surface area contributed by atoms with Crippen LogP contribution in [0.15, 0.2) is 18.2 Å². The van der Waals surface area contributed by atoms with Gasteiger partial charge in [-0.2, -0.15) is 0 Å². The van der Waals surface area contributed by atoms with Crippen LogP contribution >= 0.6 is 11.6 Å². The van der Waals surface area contributed by atoms with E-state index in [9.17, 15) is 9.59 Å². The fourth-order valence-corrected chi connectivity index (χ4v) is 1.93. The monoisotopic (exact) mass is 284 g/mol. The van der Waals surface area contributed by atoms with Crippen LogP contribution in [0.1, 0.15) is 10.4 Å². The first kappa shape index (κ1) is 13.6. The summed E-state index contributed by atoms with van der Waals surface area (Å²) in [5, 5.41) is 11.7. The molecule has 1 heterocycles. The third kappa shape index (κ3) is 3.36. The molecule has 0 spiro atoms. The molecule has 102 valence electrons. The molecule has 0 bridgehead atoms. The molecule has 7 heteroatoms. The van der Waals surface area contributed by atoms with Crippen LogP contribution in [-0.2, 0) is 4.74 Å². The van der Waals surface area contributed by atoms with Crippen molar-refractivity contribution in [3.63, 3.8) is 0 Å². The summed E-state index contributed by atoms with van der Waals surface area (Å²) in [6.45, 7) is 2.05. The minimum atomic E-state index is -1.13. The van der Waals surface area contributed by atoms with Crippen LogP contribution in [0.25, 0.3) is 0 Å². The van der Waals surface area contributed by atoms with Crippen LogP contribution in [-0.4, -0.2) is 48.3 Å². The van der Waals surface area contributed by atoms with Crippen molar-refractivity contribution in [3.05, 3.63) is 28.8 Å². The Morgan fingerprint density at radius 3 is 2.63 bits per heavy atom. The average molecular weight is 285 g/mol. The number of carboxylic acids is 1. The van der Waals surface area contributed by atoms with Crippen molar-refractivity contribution in [2.45, 2.75) is 0 Å². The summed E-state index contributed by atoms with van der Waals surface area (Å²) in [6.07, 6.45) is 0. The largest absolute Gasteiger partial charge is 0.478 e. The Labute approximate surface area is 114 Å². The van der Waals surface area contributed by atoms with Gasteiger partial charge < -0.3 is 20.1 Å². The quantitative estimate of drug-likeness (QED) is 0.869. The number of amides is 2. The molecular formula is C12H13ClN2O4. The molecule has 0 saturated carbocycles. The number of benzene rings is 1. The smallest absolute Gasteiger partial charge is 0.337 e. The highest BCUT2D eigenvalue weighted by Gasteiger charge is 2.17. The molecule has 1 aliphatic heterocycles. The lowest BCUT2D eigenvalue weighted by atomic mass is 10.2. The second-order valence-electron chi connectivity index (χ2n) is 4.03. The van der Waals surface area contributed by atoms with Crippen LogP contribution in [0.5, 0.6) is 0 Å². The molecule has 19 heavy (non-hydrogen) atoms. The fourth-order valence-electron chi connectivity index (χ4n) is 1.74. The Balaban J connectivity index is 2.08. The number of carboxylic acid groups (broad SMARTS) is 1. The average Bonchev–Trinajstić information content (AvgIpc) is 2.41. The number of morpholine rings is 1. The molecular weight excluding hydrogens is 272 g/mol. The van der Waals surface area contributed by atoms with Gasteiger partial charge in [0, 0.05) is 18.8 Å². The first-order valence-corrected chi connectivity index (χ1v) is 6.12. The number of ether oxygens (including phenoxy) is 1. The van der Waals surface area contributed by atoms with E-state index in [1.165, 1.54) is 12.1 Å². The van der Waals surface area contributed by atoms with Crippen molar-refractivity contribution in [2.24, 2.45) is 0 Å². The molecule has 0 aromatic heterocycles. The highest BCUT2D eigenvalue weighted by Crippen LogP contribution is 2.21. The van der Waals surface area contributed by atoms with Gasteiger partial charge in [-0.05, 0) is 18.2 Å². The van der Waals surface area contributed by atoms with E-state index in [0.29, 0.717) is 32.0 Å². The number of hydrogen-bond acceptors (Lipinski definition) is 3. The summed E-state index contributed by atoms with van der Waals surface area (Å²) < 4.78 is 5.15. The normalized spacial score (nSPS) is 15.1. The maximum atomic E-state index is 11.9. The van der Waals surface area contributed by atoms with E-state index in [-0.39, 0.29) is 16.6 Å². The maximum absolute atomic E-state index is 11.9. The zero-order chi connectivity index (χ0) is 13.8. The summed E-state index contributed by atoms with van der Waals surface area (Å²) in [5.41, 5.74) is 0.361. The van der Waals surface area contributed by atoms with Crippen molar-refractivity contribution in [2.75, 3.05) is 31.6 Å². The lowest BCUT2D eigenvalue weighted by Crippen LogP contribution is -2.43. The fraction of sp³-hybridized carbons (Fsp3) is 0.333. The summed E-state index contributed by atoms with van der Waals surface area (Å²) in [7, 11) is 0. The lowest BCUT2D eigenvalue weighted by molar-refractivity contribution is 0.0564. The SMILES string of the molecule is O=C(O)c1cc(NC(=O)N2CCOCC2)ccc1Cl. The number of nitrogens with one attached hydrogen (secondary N) is 1.